The molecule has 3 aromatic heterocycles. The van der Waals surface area contributed by atoms with Crippen molar-refractivity contribution in [1.29, 1.82) is 0 Å². The summed E-state index contributed by atoms with van der Waals surface area (Å²) in [6.07, 6.45) is 7.10. The van der Waals surface area contributed by atoms with Gasteiger partial charge in [0, 0.05) is 44.2 Å². The summed E-state index contributed by atoms with van der Waals surface area (Å²) < 4.78 is 12.9. The molecule has 0 spiro atoms. The van der Waals surface area contributed by atoms with Crippen LogP contribution in [0.3, 0.4) is 0 Å². The molecular formula is C25H27N9O3. The Kier molecular flexibility index (Phi) is 6.10. The predicted octanol–water partition coefficient (Wildman–Crippen LogP) is 2.23. The molecule has 37 heavy (non-hydrogen) atoms. The maximum atomic E-state index is 11.6. The number of anilines is 2. The lowest BCUT2D eigenvalue weighted by Crippen LogP contribution is -2.35. The maximum absolute atomic E-state index is 11.6. The molecule has 2 aliphatic heterocycles. The number of benzene rings is 1. The Hall–Kier alpha value is -4.16. The molecule has 3 N–H and O–H groups in total. The summed E-state index contributed by atoms with van der Waals surface area (Å²) in [5, 5.41) is 11.2. The van der Waals surface area contributed by atoms with Gasteiger partial charge in [-0.1, -0.05) is 17.3 Å². The predicted molar refractivity (Wildman–Crippen MR) is 133 cm³/mol. The first kappa shape index (κ1) is 23.3. The molecule has 0 radical (unpaired) electrons. The molecule has 0 aliphatic carbocycles. The number of aryl methyl sites for hydroxylation is 1. The topological polar surface area (TPSA) is 150 Å². The van der Waals surface area contributed by atoms with Crippen LogP contribution in [-0.2, 0) is 18.3 Å². The van der Waals surface area contributed by atoms with E-state index in [4.69, 9.17) is 20.0 Å². The number of nitrogens with zero attached hydrogens (tertiary/aromatic N) is 7. The van der Waals surface area contributed by atoms with Gasteiger partial charge in [-0.05, 0) is 42.6 Å². The number of nitrogens with one attached hydrogen (secondary N) is 1. The number of hydrogen-bond donors (Lipinski definition) is 2. The minimum Gasteiger partial charge on any atom is -0.380 e. The third-order valence-corrected chi connectivity index (χ3v) is 6.89. The average molecular weight is 502 g/mol. The molecule has 1 amide bonds. The van der Waals surface area contributed by atoms with Crippen LogP contribution in [0.4, 0.5) is 11.6 Å². The molecule has 0 unspecified atom stereocenters. The minimum absolute atomic E-state index is 0.104. The molecule has 6 rings (SSSR count). The first-order chi connectivity index (χ1) is 18.0. The van der Waals surface area contributed by atoms with E-state index in [1.165, 1.54) is 0 Å². The highest BCUT2D eigenvalue weighted by Crippen LogP contribution is 2.36. The Labute approximate surface area is 212 Å². The second-order valence-electron chi connectivity index (χ2n) is 9.36. The van der Waals surface area contributed by atoms with E-state index in [0.29, 0.717) is 17.9 Å². The first-order valence-corrected chi connectivity index (χ1v) is 12.2. The third-order valence-electron chi connectivity index (χ3n) is 6.89. The van der Waals surface area contributed by atoms with Gasteiger partial charge < -0.3 is 20.3 Å². The molecule has 190 valence electrons. The highest BCUT2D eigenvalue weighted by atomic mass is 16.5. The van der Waals surface area contributed by atoms with Gasteiger partial charge in [-0.25, -0.2) is 9.97 Å². The van der Waals surface area contributed by atoms with E-state index < -0.39 is 5.91 Å². The second kappa shape index (κ2) is 9.71. The normalized spacial score (nSPS) is 19.9. The summed E-state index contributed by atoms with van der Waals surface area (Å²) in [5.41, 5.74) is 10.2. The minimum atomic E-state index is -0.705. The average Bonchev–Trinajstić information content (AvgIpc) is 3.65. The van der Waals surface area contributed by atoms with Crippen molar-refractivity contribution in [2.75, 3.05) is 25.1 Å². The molecule has 5 heterocycles. The fourth-order valence-electron chi connectivity index (χ4n) is 5.04. The van der Waals surface area contributed by atoms with Crippen LogP contribution in [0.15, 0.2) is 47.4 Å². The van der Waals surface area contributed by atoms with Gasteiger partial charge in [0.2, 0.25) is 11.8 Å². The molecule has 1 saturated heterocycles. The van der Waals surface area contributed by atoms with E-state index in [1.54, 1.807) is 17.1 Å². The van der Waals surface area contributed by atoms with Crippen molar-refractivity contribution in [2.45, 2.75) is 31.3 Å². The standard InChI is InChI=1S/C25H27N9O3/c1-33-13-17(11-28-33)29-25-27-7-4-21(30-25)15-2-3-19-16(10-15)12-34(18-6-9-36-14-18)8-5-20(19)24-31-23(22(26)35)32-37-24/h2-4,7,10-11,13,18,20H,5-6,8-9,12,14H2,1H3,(H2,26,35)(H,27,29,30)/t18-,20+/m1/s1. The molecule has 12 heteroatoms. The van der Waals surface area contributed by atoms with E-state index in [2.05, 4.69) is 42.6 Å². The van der Waals surface area contributed by atoms with Crippen molar-refractivity contribution in [3.8, 4) is 11.3 Å². The van der Waals surface area contributed by atoms with Crippen molar-refractivity contribution in [3.63, 3.8) is 0 Å². The smallest absolute Gasteiger partial charge is 0.290 e. The van der Waals surface area contributed by atoms with Gasteiger partial charge in [0.25, 0.3) is 11.7 Å². The van der Waals surface area contributed by atoms with Gasteiger partial charge in [-0.2, -0.15) is 10.1 Å². The number of fused-ring (bicyclic) bond motifs is 1. The molecule has 2 aliphatic rings. The van der Waals surface area contributed by atoms with Crippen LogP contribution < -0.4 is 11.1 Å². The summed E-state index contributed by atoms with van der Waals surface area (Å²) in [6, 6.07) is 8.55. The molecule has 12 nitrogen and oxygen atoms in total. The Balaban J connectivity index is 1.35. The third kappa shape index (κ3) is 4.80. The molecule has 1 fully saturated rings. The Bertz CT molecular complexity index is 1430. The van der Waals surface area contributed by atoms with Gasteiger partial charge in [0.1, 0.15) is 0 Å². The van der Waals surface area contributed by atoms with Gasteiger partial charge in [0.05, 0.1) is 30.1 Å². The molecule has 1 aromatic carbocycles. The van der Waals surface area contributed by atoms with Crippen LogP contribution >= 0.6 is 0 Å². The lowest BCUT2D eigenvalue weighted by Gasteiger charge is -2.26. The molecule has 4 aromatic rings. The number of amides is 1. The fraction of sp³-hybridized carbons (Fsp3) is 0.360. The van der Waals surface area contributed by atoms with Crippen LogP contribution in [0.1, 0.15) is 46.4 Å². The van der Waals surface area contributed by atoms with Crippen molar-refractivity contribution in [1.82, 2.24) is 34.8 Å². The van der Waals surface area contributed by atoms with Gasteiger partial charge in [0.15, 0.2) is 0 Å². The van der Waals surface area contributed by atoms with Gasteiger partial charge >= 0.3 is 0 Å². The number of aromatic nitrogens is 6. The van der Waals surface area contributed by atoms with E-state index in [-0.39, 0.29) is 11.7 Å². The summed E-state index contributed by atoms with van der Waals surface area (Å²) in [4.78, 5) is 27.4. The van der Waals surface area contributed by atoms with Crippen LogP contribution in [-0.4, -0.2) is 66.5 Å². The number of carbonyl (C=O) groups is 1. The van der Waals surface area contributed by atoms with E-state index >= 15 is 0 Å². The Morgan fingerprint density at radius 3 is 2.89 bits per heavy atom. The zero-order valence-corrected chi connectivity index (χ0v) is 20.4. The highest BCUT2D eigenvalue weighted by molar-refractivity contribution is 5.88. The van der Waals surface area contributed by atoms with E-state index in [9.17, 15) is 4.79 Å². The largest absolute Gasteiger partial charge is 0.380 e. The lowest BCUT2D eigenvalue weighted by molar-refractivity contribution is 0.0987. The van der Waals surface area contributed by atoms with Crippen LogP contribution in [0, 0.1) is 0 Å². The number of primary amides is 1. The number of hydrogen-bond acceptors (Lipinski definition) is 10. The molecule has 0 bridgehead atoms. The van der Waals surface area contributed by atoms with Crippen LogP contribution in [0.25, 0.3) is 11.3 Å². The number of ether oxygens (including phenoxy) is 1. The van der Waals surface area contributed by atoms with Crippen molar-refractivity contribution in [2.24, 2.45) is 12.8 Å². The van der Waals surface area contributed by atoms with Gasteiger partial charge in [-0.15, -0.1) is 0 Å². The number of nitrogens with two attached hydrogens (primary N) is 1. The monoisotopic (exact) mass is 501 g/mol. The second-order valence-corrected chi connectivity index (χ2v) is 9.36. The zero-order valence-electron chi connectivity index (χ0n) is 20.4. The van der Waals surface area contributed by atoms with Crippen molar-refractivity contribution in [3.05, 3.63) is 65.7 Å². The fourth-order valence-corrected chi connectivity index (χ4v) is 5.04. The van der Waals surface area contributed by atoms with E-state index in [1.807, 2.05) is 25.4 Å². The molecular weight excluding hydrogens is 474 g/mol. The lowest BCUT2D eigenvalue weighted by atomic mass is 9.91. The number of carbonyl (C=O) groups excluding carboxylic acids is 1. The highest BCUT2D eigenvalue weighted by Gasteiger charge is 2.32. The summed E-state index contributed by atoms with van der Waals surface area (Å²) in [7, 11) is 1.86. The van der Waals surface area contributed by atoms with Crippen molar-refractivity contribution >= 4 is 17.5 Å². The summed E-state index contributed by atoms with van der Waals surface area (Å²) in [6.45, 7) is 3.10. The Morgan fingerprint density at radius 1 is 1.22 bits per heavy atom. The van der Waals surface area contributed by atoms with E-state index in [0.717, 1.165) is 67.2 Å². The zero-order chi connectivity index (χ0) is 25.4. The summed E-state index contributed by atoms with van der Waals surface area (Å²) in [5.74, 6) is -0.0631. The molecule has 2 atom stereocenters. The first-order valence-electron chi connectivity index (χ1n) is 12.2. The van der Waals surface area contributed by atoms with Crippen molar-refractivity contribution < 1.29 is 14.1 Å². The molecule has 0 saturated carbocycles. The quantitative estimate of drug-likeness (QED) is 0.402. The summed E-state index contributed by atoms with van der Waals surface area (Å²) >= 11 is 0. The Morgan fingerprint density at radius 2 is 2.14 bits per heavy atom. The van der Waals surface area contributed by atoms with Crippen LogP contribution in [0.5, 0.6) is 0 Å². The number of rotatable bonds is 6. The van der Waals surface area contributed by atoms with Crippen LogP contribution in [0.2, 0.25) is 0 Å². The SMILES string of the molecule is Cn1cc(Nc2nccc(-c3ccc4c(c3)CN([C@@H]3CCOC3)CC[C@@H]4c3nc(C(N)=O)no3)n2)cn1. The van der Waals surface area contributed by atoms with Gasteiger partial charge in [-0.3, -0.25) is 14.4 Å². The maximum Gasteiger partial charge on any atom is 0.290 e.